The van der Waals surface area contributed by atoms with Crippen LogP contribution in [0.5, 0.6) is 5.75 Å². The standard InChI is InChI=1S/C32H42F3N3O5/c1-21(2)38(31(40)24-11-12-28(43-32(33,34)35)25(15-24)20-42-14-13-41-3)19-27-17-36-16-26(27)18-37-30(39)29(23-9-10-23)22-7-5-4-6-8-22/h4-8,11-12,15,21,23,26-27,29,36H,9-10,13-14,16-20H2,1-3H3,(H,37,39)/t26-,27-,29?/m0/s1. The van der Waals surface area contributed by atoms with E-state index in [9.17, 15) is 22.8 Å². The molecule has 2 fully saturated rings. The Morgan fingerprint density at radius 2 is 1.77 bits per heavy atom. The van der Waals surface area contributed by atoms with Gasteiger partial charge in [-0.15, -0.1) is 13.2 Å². The lowest BCUT2D eigenvalue weighted by Crippen LogP contribution is -2.44. The minimum atomic E-state index is -4.88. The number of carbonyl (C=O) groups excluding carboxylic acids is 2. The van der Waals surface area contributed by atoms with Gasteiger partial charge >= 0.3 is 6.36 Å². The molecule has 2 amide bonds. The van der Waals surface area contributed by atoms with Gasteiger partial charge in [-0.1, -0.05) is 30.3 Å². The zero-order valence-corrected chi connectivity index (χ0v) is 25.0. The first-order valence-corrected chi connectivity index (χ1v) is 14.9. The number of methoxy groups -OCH3 is 1. The van der Waals surface area contributed by atoms with Crippen molar-refractivity contribution in [3.05, 3.63) is 65.2 Å². The highest BCUT2D eigenvalue weighted by atomic mass is 19.4. The Morgan fingerprint density at radius 1 is 1.05 bits per heavy atom. The molecule has 8 nitrogen and oxygen atoms in total. The molecule has 0 bridgehead atoms. The number of amides is 2. The van der Waals surface area contributed by atoms with Crippen molar-refractivity contribution >= 4 is 11.8 Å². The Morgan fingerprint density at radius 3 is 2.42 bits per heavy atom. The molecule has 1 heterocycles. The van der Waals surface area contributed by atoms with Gasteiger partial charge in [0.2, 0.25) is 5.91 Å². The van der Waals surface area contributed by atoms with E-state index < -0.39 is 12.1 Å². The minimum absolute atomic E-state index is 0.0394. The lowest BCUT2D eigenvalue weighted by Gasteiger charge is -2.32. The summed E-state index contributed by atoms with van der Waals surface area (Å²) in [6.07, 6.45) is -2.77. The monoisotopic (exact) mass is 605 g/mol. The van der Waals surface area contributed by atoms with Gasteiger partial charge in [0.25, 0.3) is 5.91 Å². The summed E-state index contributed by atoms with van der Waals surface area (Å²) in [4.78, 5) is 28.7. The summed E-state index contributed by atoms with van der Waals surface area (Å²) in [6.45, 7) is 6.46. The third-order valence-corrected chi connectivity index (χ3v) is 8.09. The highest BCUT2D eigenvalue weighted by Gasteiger charge is 2.38. The van der Waals surface area contributed by atoms with Crippen LogP contribution in [0, 0.1) is 17.8 Å². The molecule has 43 heavy (non-hydrogen) atoms. The summed E-state index contributed by atoms with van der Waals surface area (Å²) in [5.74, 6) is -0.226. The van der Waals surface area contributed by atoms with Crippen LogP contribution < -0.4 is 15.4 Å². The van der Waals surface area contributed by atoms with Gasteiger partial charge in [-0.3, -0.25) is 9.59 Å². The van der Waals surface area contributed by atoms with E-state index in [-0.39, 0.29) is 66.6 Å². The molecular formula is C32H42F3N3O5. The van der Waals surface area contributed by atoms with Crippen LogP contribution >= 0.6 is 0 Å². The van der Waals surface area contributed by atoms with Crippen molar-refractivity contribution < 1.29 is 37.0 Å². The molecule has 0 aromatic heterocycles. The fourth-order valence-electron chi connectivity index (χ4n) is 5.63. The zero-order valence-electron chi connectivity index (χ0n) is 25.0. The maximum atomic E-state index is 13.7. The van der Waals surface area contributed by atoms with E-state index in [0.29, 0.717) is 25.6 Å². The van der Waals surface area contributed by atoms with Crippen molar-refractivity contribution in [3.63, 3.8) is 0 Å². The molecule has 2 N–H and O–H groups in total. The predicted octanol–water partition coefficient (Wildman–Crippen LogP) is 4.74. The van der Waals surface area contributed by atoms with Gasteiger partial charge in [0.05, 0.1) is 25.7 Å². The molecule has 1 saturated carbocycles. The number of carbonyl (C=O) groups is 2. The van der Waals surface area contributed by atoms with Gasteiger partial charge in [-0.25, -0.2) is 0 Å². The highest BCUT2D eigenvalue weighted by molar-refractivity contribution is 5.95. The SMILES string of the molecule is COCCOCc1cc(C(=O)N(C[C@@H]2CNC[C@H]2CNC(=O)C(c2ccccc2)C2CC2)C(C)C)ccc1OC(F)(F)F. The number of halogens is 3. The molecule has 2 aromatic rings. The molecule has 0 spiro atoms. The van der Waals surface area contributed by atoms with Crippen molar-refractivity contribution in [1.82, 2.24) is 15.5 Å². The van der Waals surface area contributed by atoms with E-state index in [4.69, 9.17) is 9.47 Å². The Kier molecular flexibility index (Phi) is 11.5. The lowest BCUT2D eigenvalue weighted by atomic mass is 9.91. The van der Waals surface area contributed by atoms with Crippen molar-refractivity contribution in [2.45, 2.75) is 51.6 Å². The van der Waals surface area contributed by atoms with Crippen LogP contribution in [-0.2, 0) is 20.9 Å². The maximum Gasteiger partial charge on any atom is 0.573 e. The third kappa shape index (κ3) is 9.42. The summed E-state index contributed by atoms with van der Waals surface area (Å²) >= 11 is 0. The molecule has 236 valence electrons. The summed E-state index contributed by atoms with van der Waals surface area (Å²) in [5, 5.41) is 6.59. The first-order chi connectivity index (χ1) is 20.6. The first-order valence-electron chi connectivity index (χ1n) is 14.9. The number of benzene rings is 2. The zero-order chi connectivity index (χ0) is 31.0. The molecule has 3 atom stereocenters. The average molecular weight is 606 g/mol. The number of alkyl halides is 3. The molecule has 1 saturated heterocycles. The smallest absolute Gasteiger partial charge is 0.405 e. The minimum Gasteiger partial charge on any atom is -0.405 e. The topological polar surface area (TPSA) is 89.1 Å². The summed E-state index contributed by atoms with van der Waals surface area (Å²) < 4.78 is 53.6. The number of ether oxygens (including phenoxy) is 3. The van der Waals surface area contributed by atoms with Gasteiger partial charge in [-0.2, -0.15) is 0 Å². The summed E-state index contributed by atoms with van der Waals surface area (Å²) in [5.41, 5.74) is 1.41. The quantitative estimate of drug-likeness (QED) is 0.285. The lowest BCUT2D eigenvalue weighted by molar-refractivity contribution is -0.275. The fourth-order valence-corrected chi connectivity index (χ4v) is 5.63. The van der Waals surface area contributed by atoms with E-state index in [1.807, 2.05) is 44.2 Å². The third-order valence-electron chi connectivity index (χ3n) is 8.09. The summed E-state index contributed by atoms with van der Waals surface area (Å²) in [6, 6.07) is 13.6. The van der Waals surface area contributed by atoms with E-state index in [1.54, 1.807) is 4.90 Å². The van der Waals surface area contributed by atoms with Gasteiger partial charge in [0.1, 0.15) is 5.75 Å². The number of nitrogens with zero attached hydrogens (tertiary/aromatic N) is 1. The molecule has 2 aliphatic rings. The van der Waals surface area contributed by atoms with Crippen molar-refractivity contribution in [1.29, 1.82) is 0 Å². The molecule has 2 aromatic carbocycles. The molecule has 4 rings (SSSR count). The van der Waals surface area contributed by atoms with Gasteiger partial charge in [0, 0.05) is 50.5 Å². The van der Waals surface area contributed by atoms with Crippen molar-refractivity contribution in [2.75, 3.05) is 46.5 Å². The Bertz CT molecular complexity index is 1210. The number of rotatable bonds is 15. The largest absolute Gasteiger partial charge is 0.573 e. The van der Waals surface area contributed by atoms with Crippen LogP contribution in [0.4, 0.5) is 13.2 Å². The van der Waals surface area contributed by atoms with Crippen LogP contribution in [0.3, 0.4) is 0 Å². The fraction of sp³-hybridized carbons (Fsp3) is 0.562. The van der Waals surface area contributed by atoms with Crippen LogP contribution in [0.25, 0.3) is 0 Å². The molecule has 1 unspecified atom stereocenters. The second-order valence-electron chi connectivity index (χ2n) is 11.6. The normalized spacial score (nSPS) is 19.3. The molecule has 1 aliphatic carbocycles. The number of hydrogen-bond acceptors (Lipinski definition) is 6. The van der Waals surface area contributed by atoms with Crippen LogP contribution in [-0.4, -0.2) is 75.6 Å². The number of hydrogen-bond donors (Lipinski definition) is 2. The van der Waals surface area contributed by atoms with E-state index >= 15 is 0 Å². The van der Waals surface area contributed by atoms with Crippen LogP contribution in [0.15, 0.2) is 48.5 Å². The number of nitrogens with one attached hydrogen (secondary N) is 2. The molecule has 0 radical (unpaired) electrons. The van der Waals surface area contributed by atoms with Gasteiger partial charge < -0.3 is 29.7 Å². The second kappa shape index (κ2) is 15.0. The predicted molar refractivity (Wildman–Crippen MR) is 156 cm³/mol. The van der Waals surface area contributed by atoms with Crippen LogP contribution in [0.1, 0.15) is 54.1 Å². The molecule has 1 aliphatic heterocycles. The van der Waals surface area contributed by atoms with Gasteiger partial charge in [0.15, 0.2) is 0 Å². The first kappa shape index (κ1) is 32.8. The Hall–Kier alpha value is -3.15. The van der Waals surface area contributed by atoms with Crippen molar-refractivity contribution in [3.8, 4) is 5.75 Å². The second-order valence-corrected chi connectivity index (χ2v) is 11.6. The highest BCUT2D eigenvalue weighted by Crippen LogP contribution is 2.42. The average Bonchev–Trinajstić information content (AvgIpc) is 3.70. The summed E-state index contributed by atoms with van der Waals surface area (Å²) in [7, 11) is 1.50. The Balaban J connectivity index is 1.42. The Labute approximate surface area is 251 Å². The van der Waals surface area contributed by atoms with Crippen molar-refractivity contribution in [2.24, 2.45) is 17.8 Å². The molecular weight excluding hydrogens is 563 g/mol. The maximum absolute atomic E-state index is 13.7. The van der Waals surface area contributed by atoms with E-state index in [1.165, 1.54) is 19.2 Å². The van der Waals surface area contributed by atoms with E-state index in [2.05, 4.69) is 15.4 Å². The van der Waals surface area contributed by atoms with Gasteiger partial charge in [-0.05, 0) is 68.2 Å². The molecule has 11 heteroatoms. The van der Waals surface area contributed by atoms with Crippen LogP contribution in [0.2, 0.25) is 0 Å². The van der Waals surface area contributed by atoms with E-state index in [0.717, 1.165) is 31.0 Å².